The Balaban J connectivity index is 1.78. The van der Waals surface area contributed by atoms with Crippen molar-refractivity contribution in [2.75, 3.05) is 6.67 Å². The van der Waals surface area contributed by atoms with Crippen LogP contribution in [-0.2, 0) is 12.5 Å². The maximum Gasteiger partial charge on any atom is 0.462 e. The predicted octanol–water partition coefficient (Wildman–Crippen LogP) is 5.59. The van der Waals surface area contributed by atoms with E-state index in [9.17, 15) is 26.3 Å². The lowest BCUT2D eigenvalue weighted by atomic mass is 10.0. The Morgan fingerprint density at radius 2 is 1.59 bits per heavy atom. The van der Waals surface area contributed by atoms with E-state index in [0.717, 1.165) is 42.7 Å². The third kappa shape index (κ3) is 4.85. The van der Waals surface area contributed by atoms with Crippen LogP contribution >= 0.6 is 0 Å². The third-order valence-corrected chi connectivity index (χ3v) is 3.98. The first kappa shape index (κ1) is 20.6. The molecule has 2 aromatic carbocycles. The van der Waals surface area contributed by atoms with Gasteiger partial charge in [-0.2, -0.15) is 8.78 Å². The molecule has 152 valence electrons. The second-order valence-electron chi connectivity index (χ2n) is 6.10. The standard InChI is InChI=1S/C20H14F6N2O/c21-7-1-2-12-10-27-19(28-11-12)20(25,26)29-14-4-5-15(17(23)9-14)13-3-6-16(22)18(24)8-13/h3-6,8-11H,1-2,7H2. The van der Waals surface area contributed by atoms with Gasteiger partial charge in [0.05, 0.1) is 6.67 Å². The molecule has 3 aromatic rings. The van der Waals surface area contributed by atoms with Crippen LogP contribution in [0.1, 0.15) is 17.8 Å². The van der Waals surface area contributed by atoms with E-state index in [1.165, 1.54) is 0 Å². The fourth-order valence-corrected chi connectivity index (χ4v) is 2.56. The molecule has 9 heteroatoms. The summed E-state index contributed by atoms with van der Waals surface area (Å²) in [7, 11) is 0. The van der Waals surface area contributed by atoms with E-state index >= 15 is 0 Å². The SMILES string of the molecule is FCCCc1cnc(C(F)(F)Oc2ccc(-c3ccc(F)c(F)c3)c(F)c2)nc1. The second kappa shape index (κ2) is 8.50. The first-order chi connectivity index (χ1) is 13.8. The summed E-state index contributed by atoms with van der Waals surface area (Å²) in [6.07, 6.45) is -1.14. The van der Waals surface area contributed by atoms with E-state index in [1.807, 2.05) is 0 Å². The van der Waals surface area contributed by atoms with Crippen molar-refractivity contribution >= 4 is 0 Å². The summed E-state index contributed by atoms with van der Waals surface area (Å²) in [5, 5.41) is 0. The number of hydrogen-bond acceptors (Lipinski definition) is 3. The number of aromatic nitrogens is 2. The zero-order chi connectivity index (χ0) is 21.0. The lowest BCUT2D eigenvalue weighted by molar-refractivity contribution is -0.192. The summed E-state index contributed by atoms with van der Waals surface area (Å²) in [5.74, 6) is -4.67. The summed E-state index contributed by atoms with van der Waals surface area (Å²) in [5.41, 5.74) is 0.407. The van der Waals surface area contributed by atoms with Gasteiger partial charge in [0, 0.05) is 24.0 Å². The summed E-state index contributed by atoms with van der Waals surface area (Å²) < 4.78 is 85.8. The van der Waals surface area contributed by atoms with Gasteiger partial charge in [-0.25, -0.2) is 23.1 Å². The molecule has 0 bridgehead atoms. The van der Waals surface area contributed by atoms with Crippen LogP contribution in [0.15, 0.2) is 48.8 Å². The molecule has 3 nitrogen and oxygen atoms in total. The third-order valence-electron chi connectivity index (χ3n) is 3.98. The Morgan fingerprint density at radius 1 is 0.862 bits per heavy atom. The molecule has 0 spiro atoms. The molecule has 0 aliphatic carbocycles. The van der Waals surface area contributed by atoms with Crippen molar-refractivity contribution in [3.63, 3.8) is 0 Å². The lowest BCUT2D eigenvalue weighted by Crippen LogP contribution is -2.25. The van der Waals surface area contributed by atoms with Gasteiger partial charge in [0.1, 0.15) is 11.6 Å². The molecule has 0 saturated carbocycles. The van der Waals surface area contributed by atoms with Crippen LogP contribution in [-0.4, -0.2) is 16.6 Å². The molecule has 0 N–H and O–H groups in total. The average Bonchev–Trinajstić information content (AvgIpc) is 2.69. The van der Waals surface area contributed by atoms with Gasteiger partial charge >= 0.3 is 6.11 Å². The van der Waals surface area contributed by atoms with E-state index in [0.29, 0.717) is 18.1 Å². The Kier molecular flexibility index (Phi) is 6.05. The molecule has 0 fully saturated rings. The van der Waals surface area contributed by atoms with Gasteiger partial charge in [-0.15, -0.1) is 0 Å². The van der Waals surface area contributed by atoms with Gasteiger partial charge in [0.15, 0.2) is 11.6 Å². The minimum absolute atomic E-state index is 0.0342. The molecule has 0 aliphatic rings. The van der Waals surface area contributed by atoms with Crippen LogP contribution in [0, 0.1) is 17.5 Å². The Bertz CT molecular complexity index is 995. The largest absolute Gasteiger partial charge is 0.462 e. The van der Waals surface area contributed by atoms with E-state index < -0.39 is 41.8 Å². The van der Waals surface area contributed by atoms with Gasteiger partial charge in [0.2, 0.25) is 5.82 Å². The van der Waals surface area contributed by atoms with Crippen LogP contribution in [0.25, 0.3) is 11.1 Å². The minimum atomic E-state index is -3.95. The number of aryl methyl sites for hydroxylation is 1. The van der Waals surface area contributed by atoms with Crippen molar-refractivity contribution in [1.82, 2.24) is 9.97 Å². The normalized spacial score (nSPS) is 11.5. The molecule has 3 rings (SSSR count). The summed E-state index contributed by atoms with van der Waals surface area (Å²) in [4.78, 5) is 7.05. The van der Waals surface area contributed by atoms with Gasteiger partial charge in [0.25, 0.3) is 0 Å². The van der Waals surface area contributed by atoms with Crippen molar-refractivity contribution in [2.24, 2.45) is 0 Å². The predicted molar refractivity (Wildman–Crippen MR) is 92.6 cm³/mol. The maximum absolute atomic E-state index is 14.3. The zero-order valence-electron chi connectivity index (χ0n) is 14.8. The van der Waals surface area contributed by atoms with Gasteiger partial charge in [-0.1, -0.05) is 6.07 Å². The Labute approximate surface area is 162 Å². The zero-order valence-corrected chi connectivity index (χ0v) is 14.8. The quantitative estimate of drug-likeness (QED) is 0.475. The molecule has 1 heterocycles. The topological polar surface area (TPSA) is 35.0 Å². The smallest absolute Gasteiger partial charge is 0.426 e. The van der Waals surface area contributed by atoms with E-state index in [1.54, 1.807) is 0 Å². The maximum atomic E-state index is 14.3. The monoisotopic (exact) mass is 412 g/mol. The number of ether oxygens (including phenoxy) is 1. The second-order valence-corrected chi connectivity index (χ2v) is 6.10. The number of halogens is 6. The average molecular weight is 412 g/mol. The first-order valence-electron chi connectivity index (χ1n) is 8.49. The van der Waals surface area contributed by atoms with Crippen molar-refractivity contribution in [1.29, 1.82) is 0 Å². The molecule has 0 atom stereocenters. The summed E-state index contributed by atoms with van der Waals surface area (Å²) in [6.45, 7) is -0.548. The van der Waals surface area contributed by atoms with Crippen molar-refractivity contribution < 1.29 is 31.1 Å². The van der Waals surface area contributed by atoms with Gasteiger partial charge in [-0.3, -0.25) is 4.39 Å². The highest BCUT2D eigenvalue weighted by Gasteiger charge is 2.38. The van der Waals surface area contributed by atoms with E-state index in [-0.39, 0.29) is 17.5 Å². The number of alkyl halides is 3. The number of benzene rings is 2. The minimum Gasteiger partial charge on any atom is -0.426 e. The highest BCUT2D eigenvalue weighted by molar-refractivity contribution is 5.65. The highest BCUT2D eigenvalue weighted by atomic mass is 19.3. The van der Waals surface area contributed by atoms with Crippen LogP contribution in [0.5, 0.6) is 5.75 Å². The van der Waals surface area contributed by atoms with Crippen molar-refractivity contribution in [3.05, 3.63) is 77.6 Å². The number of hydrogen-bond donors (Lipinski definition) is 0. The Hall–Kier alpha value is -3.10. The van der Waals surface area contributed by atoms with Gasteiger partial charge < -0.3 is 4.74 Å². The summed E-state index contributed by atoms with van der Waals surface area (Å²) in [6, 6.07) is 5.64. The van der Waals surface area contributed by atoms with Crippen molar-refractivity contribution in [3.8, 4) is 16.9 Å². The molecular weight excluding hydrogens is 398 g/mol. The van der Waals surface area contributed by atoms with Gasteiger partial charge in [-0.05, 0) is 48.2 Å². The highest BCUT2D eigenvalue weighted by Crippen LogP contribution is 2.32. The van der Waals surface area contributed by atoms with Crippen LogP contribution in [0.3, 0.4) is 0 Å². The molecule has 0 saturated heterocycles. The molecule has 0 unspecified atom stereocenters. The Morgan fingerprint density at radius 3 is 2.21 bits per heavy atom. The molecule has 0 amide bonds. The molecule has 0 radical (unpaired) electrons. The van der Waals surface area contributed by atoms with Crippen molar-refractivity contribution in [2.45, 2.75) is 19.0 Å². The lowest BCUT2D eigenvalue weighted by Gasteiger charge is -2.17. The summed E-state index contributed by atoms with van der Waals surface area (Å²) >= 11 is 0. The first-order valence-corrected chi connectivity index (χ1v) is 8.49. The molecule has 1 aromatic heterocycles. The number of nitrogens with zero attached hydrogens (tertiary/aromatic N) is 2. The fraction of sp³-hybridized carbons (Fsp3) is 0.200. The van der Waals surface area contributed by atoms with E-state index in [2.05, 4.69) is 14.7 Å². The molecule has 0 aliphatic heterocycles. The molecular formula is C20H14F6N2O. The fourth-order valence-electron chi connectivity index (χ4n) is 2.56. The molecule has 29 heavy (non-hydrogen) atoms. The van der Waals surface area contributed by atoms with Crippen LogP contribution in [0.4, 0.5) is 26.3 Å². The number of rotatable bonds is 7. The van der Waals surface area contributed by atoms with Crippen LogP contribution < -0.4 is 4.74 Å². The van der Waals surface area contributed by atoms with Crippen LogP contribution in [0.2, 0.25) is 0 Å². The van der Waals surface area contributed by atoms with E-state index in [4.69, 9.17) is 0 Å².